The number of nitrogen functional groups attached to an aromatic ring is 2. The molecule has 0 aliphatic heterocycles. The van der Waals surface area contributed by atoms with Gasteiger partial charge in [-0.05, 0) is 32.0 Å². The number of benzene rings is 1. The predicted octanol–water partition coefficient (Wildman–Crippen LogP) is 0.876. The van der Waals surface area contributed by atoms with Crippen molar-refractivity contribution in [1.82, 2.24) is 4.90 Å². The SMILES string of the molecule is CCOC(=O)CN(CC)C(=O)c1ccc(N)cc1N. The summed E-state index contributed by atoms with van der Waals surface area (Å²) < 4.78 is 4.83. The monoisotopic (exact) mass is 265 g/mol. The van der Waals surface area contributed by atoms with Crippen LogP contribution in [0.15, 0.2) is 18.2 Å². The van der Waals surface area contributed by atoms with Crippen molar-refractivity contribution < 1.29 is 14.3 Å². The Morgan fingerprint density at radius 1 is 1.26 bits per heavy atom. The molecule has 1 rings (SSSR count). The average Bonchev–Trinajstić information content (AvgIpc) is 2.35. The molecule has 0 bridgehead atoms. The Bertz CT molecular complexity index is 474. The van der Waals surface area contributed by atoms with Crippen molar-refractivity contribution in [3.05, 3.63) is 23.8 Å². The summed E-state index contributed by atoms with van der Waals surface area (Å²) in [5.74, 6) is -0.750. The summed E-state index contributed by atoms with van der Waals surface area (Å²) in [6, 6.07) is 4.67. The smallest absolute Gasteiger partial charge is 0.325 e. The highest BCUT2D eigenvalue weighted by Crippen LogP contribution is 2.17. The lowest BCUT2D eigenvalue weighted by Gasteiger charge is -2.20. The van der Waals surface area contributed by atoms with E-state index >= 15 is 0 Å². The van der Waals surface area contributed by atoms with Gasteiger partial charge in [0.25, 0.3) is 5.91 Å². The highest BCUT2D eigenvalue weighted by Gasteiger charge is 2.19. The number of hydrogen-bond acceptors (Lipinski definition) is 5. The fourth-order valence-corrected chi connectivity index (χ4v) is 1.64. The molecule has 0 fully saturated rings. The normalized spacial score (nSPS) is 10.0. The first-order chi connectivity index (χ1) is 8.99. The van der Waals surface area contributed by atoms with Crippen LogP contribution in [0.4, 0.5) is 11.4 Å². The third kappa shape index (κ3) is 3.87. The maximum atomic E-state index is 12.2. The molecule has 0 aliphatic carbocycles. The minimum Gasteiger partial charge on any atom is -0.465 e. The molecule has 6 heteroatoms. The van der Waals surface area contributed by atoms with Gasteiger partial charge >= 0.3 is 5.97 Å². The van der Waals surface area contributed by atoms with Gasteiger partial charge in [0.15, 0.2) is 0 Å². The minimum atomic E-state index is -0.438. The van der Waals surface area contributed by atoms with E-state index in [1.165, 1.54) is 11.0 Å². The van der Waals surface area contributed by atoms with E-state index in [1.54, 1.807) is 26.0 Å². The summed E-state index contributed by atoms with van der Waals surface area (Å²) in [4.78, 5) is 25.0. The van der Waals surface area contributed by atoms with Crippen molar-refractivity contribution in [2.45, 2.75) is 13.8 Å². The van der Waals surface area contributed by atoms with E-state index in [-0.39, 0.29) is 19.1 Å². The van der Waals surface area contributed by atoms with E-state index < -0.39 is 5.97 Å². The Kier molecular flexibility index (Phi) is 5.17. The molecule has 0 saturated heterocycles. The van der Waals surface area contributed by atoms with E-state index in [9.17, 15) is 9.59 Å². The van der Waals surface area contributed by atoms with Gasteiger partial charge in [-0.15, -0.1) is 0 Å². The van der Waals surface area contributed by atoms with Gasteiger partial charge in [-0.2, -0.15) is 0 Å². The molecule has 0 aromatic heterocycles. The Morgan fingerprint density at radius 3 is 2.47 bits per heavy atom. The fourth-order valence-electron chi connectivity index (χ4n) is 1.64. The molecule has 0 heterocycles. The van der Waals surface area contributed by atoms with Crippen LogP contribution >= 0.6 is 0 Å². The highest BCUT2D eigenvalue weighted by molar-refractivity contribution is 6.00. The fraction of sp³-hybridized carbons (Fsp3) is 0.385. The van der Waals surface area contributed by atoms with Crippen LogP contribution in [-0.2, 0) is 9.53 Å². The molecule has 0 radical (unpaired) electrons. The first-order valence-corrected chi connectivity index (χ1v) is 6.09. The van der Waals surface area contributed by atoms with Crippen LogP contribution in [0.3, 0.4) is 0 Å². The third-order valence-corrected chi connectivity index (χ3v) is 2.60. The molecule has 0 saturated carbocycles. The highest BCUT2D eigenvalue weighted by atomic mass is 16.5. The number of anilines is 2. The first-order valence-electron chi connectivity index (χ1n) is 6.09. The minimum absolute atomic E-state index is 0.0903. The zero-order valence-corrected chi connectivity index (χ0v) is 11.2. The Hall–Kier alpha value is -2.24. The van der Waals surface area contributed by atoms with Crippen molar-refractivity contribution >= 4 is 23.3 Å². The van der Waals surface area contributed by atoms with E-state index in [4.69, 9.17) is 16.2 Å². The molecule has 1 amide bonds. The number of carbonyl (C=O) groups excluding carboxylic acids is 2. The molecule has 4 N–H and O–H groups in total. The molecule has 19 heavy (non-hydrogen) atoms. The second-order valence-corrected chi connectivity index (χ2v) is 3.97. The lowest BCUT2D eigenvalue weighted by Crippen LogP contribution is -2.36. The number of hydrogen-bond donors (Lipinski definition) is 2. The molecule has 0 aliphatic rings. The van der Waals surface area contributed by atoms with Crippen molar-refractivity contribution in [1.29, 1.82) is 0 Å². The van der Waals surface area contributed by atoms with Crippen LogP contribution in [0.25, 0.3) is 0 Å². The van der Waals surface area contributed by atoms with E-state index in [2.05, 4.69) is 0 Å². The van der Waals surface area contributed by atoms with E-state index in [0.29, 0.717) is 23.5 Å². The van der Waals surface area contributed by atoms with Gasteiger partial charge in [0.2, 0.25) is 0 Å². The molecular formula is C13H19N3O3. The topological polar surface area (TPSA) is 98.6 Å². The molecular weight excluding hydrogens is 246 g/mol. The van der Waals surface area contributed by atoms with Gasteiger partial charge in [0.1, 0.15) is 6.54 Å². The number of carbonyl (C=O) groups is 2. The van der Waals surface area contributed by atoms with Gasteiger partial charge in [-0.3, -0.25) is 9.59 Å². The van der Waals surface area contributed by atoms with Gasteiger partial charge in [0, 0.05) is 17.9 Å². The van der Waals surface area contributed by atoms with Gasteiger partial charge < -0.3 is 21.1 Å². The number of esters is 1. The number of rotatable bonds is 5. The number of likely N-dealkylation sites (N-methyl/N-ethyl adjacent to an activating group) is 1. The first kappa shape index (κ1) is 14.8. The largest absolute Gasteiger partial charge is 0.465 e. The van der Waals surface area contributed by atoms with Crippen LogP contribution in [-0.4, -0.2) is 36.5 Å². The summed E-state index contributed by atoms with van der Waals surface area (Å²) >= 11 is 0. The lowest BCUT2D eigenvalue weighted by molar-refractivity contribution is -0.143. The summed E-state index contributed by atoms with van der Waals surface area (Å²) in [7, 11) is 0. The van der Waals surface area contributed by atoms with Crippen LogP contribution in [0, 0.1) is 0 Å². The predicted molar refractivity (Wildman–Crippen MR) is 73.5 cm³/mol. The zero-order chi connectivity index (χ0) is 14.4. The summed E-state index contributed by atoms with van der Waals surface area (Å²) in [6.07, 6.45) is 0. The van der Waals surface area contributed by atoms with Crippen LogP contribution in [0.1, 0.15) is 24.2 Å². The van der Waals surface area contributed by atoms with Crippen molar-refractivity contribution in [2.24, 2.45) is 0 Å². The molecule has 0 atom stereocenters. The molecule has 0 unspecified atom stereocenters. The molecule has 0 spiro atoms. The summed E-state index contributed by atoms with van der Waals surface area (Å²) in [6.45, 7) is 4.08. The van der Waals surface area contributed by atoms with Gasteiger partial charge in [-0.25, -0.2) is 0 Å². The van der Waals surface area contributed by atoms with E-state index in [1.807, 2.05) is 0 Å². The zero-order valence-electron chi connectivity index (χ0n) is 11.2. The van der Waals surface area contributed by atoms with Crippen molar-refractivity contribution in [3.8, 4) is 0 Å². The molecule has 104 valence electrons. The standard InChI is InChI=1S/C13H19N3O3/c1-3-16(8-12(17)19-4-2)13(18)10-6-5-9(14)7-11(10)15/h5-7H,3-4,8,14-15H2,1-2H3. The quantitative estimate of drug-likeness (QED) is 0.608. The Labute approximate surface area is 112 Å². The maximum absolute atomic E-state index is 12.2. The number of nitrogens with zero attached hydrogens (tertiary/aromatic N) is 1. The van der Waals surface area contributed by atoms with Crippen molar-refractivity contribution in [2.75, 3.05) is 31.2 Å². The Morgan fingerprint density at radius 2 is 1.95 bits per heavy atom. The second-order valence-electron chi connectivity index (χ2n) is 3.97. The third-order valence-electron chi connectivity index (χ3n) is 2.60. The number of amides is 1. The lowest BCUT2D eigenvalue weighted by atomic mass is 10.1. The molecule has 6 nitrogen and oxygen atoms in total. The number of ether oxygens (including phenoxy) is 1. The van der Waals surface area contributed by atoms with Gasteiger partial charge in [-0.1, -0.05) is 0 Å². The van der Waals surface area contributed by atoms with Crippen LogP contribution in [0.2, 0.25) is 0 Å². The molecule has 1 aromatic carbocycles. The molecule has 1 aromatic rings. The average molecular weight is 265 g/mol. The summed E-state index contributed by atoms with van der Waals surface area (Å²) in [5.41, 5.74) is 12.5. The summed E-state index contributed by atoms with van der Waals surface area (Å²) in [5, 5.41) is 0. The van der Waals surface area contributed by atoms with Crippen LogP contribution < -0.4 is 11.5 Å². The maximum Gasteiger partial charge on any atom is 0.325 e. The Balaban J connectivity index is 2.86. The second kappa shape index (κ2) is 6.63. The van der Waals surface area contributed by atoms with E-state index in [0.717, 1.165) is 0 Å². The van der Waals surface area contributed by atoms with Gasteiger partial charge in [0.05, 0.1) is 12.2 Å². The van der Waals surface area contributed by atoms with Crippen molar-refractivity contribution in [3.63, 3.8) is 0 Å². The number of nitrogens with two attached hydrogens (primary N) is 2. The van der Waals surface area contributed by atoms with Crippen LogP contribution in [0.5, 0.6) is 0 Å².